The zero-order chi connectivity index (χ0) is 18.0. The summed E-state index contributed by atoms with van der Waals surface area (Å²) in [6, 6.07) is 11.3. The highest BCUT2D eigenvalue weighted by atomic mass is 79.9. The van der Waals surface area contributed by atoms with Crippen LogP contribution in [0.5, 0.6) is 11.5 Å². The second-order valence-electron chi connectivity index (χ2n) is 6.15. The van der Waals surface area contributed by atoms with Gasteiger partial charge in [0.2, 0.25) is 5.78 Å². The minimum Gasteiger partial charge on any atom is -0.489 e. The number of halogens is 1. The lowest BCUT2D eigenvalue weighted by Crippen LogP contribution is -1.98. The van der Waals surface area contributed by atoms with Gasteiger partial charge in [0.1, 0.15) is 18.1 Å². The Morgan fingerprint density at radius 2 is 1.88 bits per heavy atom. The third kappa shape index (κ3) is 3.85. The molecular weight excluding hydrogens is 380 g/mol. The number of carbonyl (C=O) groups is 1. The molecule has 2 aromatic rings. The van der Waals surface area contributed by atoms with Crippen LogP contribution in [-0.4, -0.2) is 12.4 Å². The van der Waals surface area contributed by atoms with Crippen LogP contribution in [0.1, 0.15) is 35.3 Å². The summed E-state index contributed by atoms with van der Waals surface area (Å²) in [6.45, 7) is 6.46. The van der Waals surface area contributed by atoms with E-state index in [0.717, 1.165) is 21.3 Å². The van der Waals surface area contributed by atoms with Crippen LogP contribution in [0.2, 0.25) is 0 Å². The van der Waals surface area contributed by atoms with E-state index in [0.29, 0.717) is 23.7 Å². The molecule has 0 bridgehead atoms. The predicted octanol–water partition coefficient (Wildman–Crippen LogP) is 5.72. The molecule has 128 valence electrons. The number of rotatable bonds is 4. The van der Waals surface area contributed by atoms with Crippen molar-refractivity contribution in [3.05, 3.63) is 75.0 Å². The van der Waals surface area contributed by atoms with Gasteiger partial charge in [-0.15, -0.1) is 0 Å². The fraction of sp³-hybridized carbons (Fsp3) is 0.190. The van der Waals surface area contributed by atoms with E-state index in [1.807, 2.05) is 57.2 Å². The van der Waals surface area contributed by atoms with E-state index in [9.17, 15) is 4.79 Å². The first-order valence-electron chi connectivity index (χ1n) is 8.05. The smallest absolute Gasteiger partial charge is 0.231 e. The maximum atomic E-state index is 12.6. The third-order valence-electron chi connectivity index (χ3n) is 3.93. The van der Waals surface area contributed by atoms with Gasteiger partial charge in [-0.25, -0.2) is 0 Å². The zero-order valence-corrected chi connectivity index (χ0v) is 16.0. The number of ketones is 1. The molecule has 0 N–H and O–H groups in total. The van der Waals surface area contributed by atoms with Gasteiger partial charge < -0.3 is 9.47 Å². The molecular formula is C21H19BrO3. The first-order valence-corrected chi connectivity index (χ1v) is 8.84. The van der Waals surface area contributed by atoms with E-state index in [2.05, 4.69) is 15.9 Å². The van der Waals surface area contributed by atoms with E-state index in [4.69, 9.17) is 9.47 Å². The molecule has 2 aromatic carbocycles. The van der Waals surface area contributed by atoms with Gasteiger partial charge in [0.25, 0.3) is 0 Å². The van der Waals surface area contributed by atoms with Crippen LogP contribution in [0.4, 0.5) is 0 Å². The molecule has 3 nitrogen and oxygen atoms in total. The number of carbonyl (C=O) groups excluding carboxylic acids is 1. The van der Waals surface area contributed by atoms with Crippen molar-refractivity contribution >= 4 is 27.8 Å². The Bertz CT molecular complexity index is 873. The molecule has 0 saturated heterocycles. The summed E-state index contributed by atoms with van der Waals surface area (Å²) in [5.74, 6) is 1.55. The molecule has 0 spiro atoms. The number of hydrogen-bond acceptors (Lipinski definition) is 3. The summed E-state index contributed by atoms with van der Waals surface area (Å²) < 4.78 is 12.6. The second-order valence-corrected chi connectivity index (χ2v) is 7.06. The van der Waals surface area contributed by atoms with E-state index >= 15 is 0 Å². The molecule has 0 aliphatic carbocycles. The highest BCUT2D eigenvalue weighted by Crippen LogP contribution is 2.39. The molecule has 4 heteroatoms. The average molecular weight is 399 g/mol. The van der Waals surface area contributed by atoms with Gasteiger partial charge in [0.05, 0.1) is 5.56 Å². The van der Waals surface area contributed by atoms with Gasteiger partial charge in [-0.1, -0.05) is 33.6 Å². The Balaban J connectivity index is 1.86. The molecule has 0 fully saturated rings. The SMILES string of the molecule is CC(C)=CCOc1ccc2c(c1C)O/C(=C\c1ccc(Br)cc1)C2=O. The summed E-state index contributed by atoms with van der Waals surface area (Å²) in [5.41, 5.74) is 3.53. The van der Waals surface area contributed by atoms with Crippen molar-refractivity contribution in [2.24, 2.45) is 0 Å². The maximum Gasteiger partial charge on any atom is 0.231 e. The normalized spacial score (nSPS) is 14.2. The lowest BCUT2D eigenvalue weighted by atomic mass is 10.1. The Hall–Kier alpha value is -2.33. The van der Waals surface area contributed by atoms with E-state index in [1.54, 1.807) is 12.1 Å². The maximum absolute atomic E-state index is 12.6. The number of hydrogen-bond donors (Lipinski definition) is 0. The molecule has 0 radical (unpaired) electrons. The number of benzene rings is 2. The number of Topliss-reactive ketones (excluding diaryl/α,β-unsaturated/α-hetero) is 1. The Labute approximate surface area is 156 Å². The molecule has 1 heterocycles. The van der Waals surface area contributed by atoms with Crippen LogP contribution in [0.25, 0.3) is 6.08 Å². The Morgan fingerprint density at radius 1 is 1.16 bits per heavy atom. The molecule has 0 unspecified atom stereocenters. The van der Waals surface area contributed by atoms with Gasteiger partial charge in [0, 0.05) is 10.0 Å². The first kappa shape index (κ1) is 17.5. The van der Waals surface area contributed by atoms with Gasteiger partial charge in [-0.2, -0.15) is 0 Å². The molecule has 0 amide bonds. The molecule has 0 saturated carbocycles. The fourth-order valence-electron chi connectivity index (χ4n) is 2.53. The zero-order valence-electron chi connectivity index (χ0n) is 14.4. The highest BCUT2D eigenvalue weighted by Gasteiger charge is 2.30. The van der Waals surface area contributed by atoms with Gasteiger partial charge >= 0.3 is 0 Å². The standard InChI is InChI=1S/C21H19BrO3/c1-13(2)10-11-24-18-9-8-17-20(23)19(25-21(17)14(18)3)12-15-4-6-16(22)7-5-15/h4-10,12H,11H2,1-3H3/b19-12-. The molecule has 3 rings (SSSR count). The van der Waals surface area contributed by atoms with Crippen molar-refractivity contribution in [3.8, 4) is 11.5 Å². The van der Waals surface area contributed by atoms with E-state index < -0.39 is 0 Å². The minimum absolute atomic E-state index is 0.100. The average Bonchev–Trinajstić information content (AvgIpc) is 2.89. The fourth-order valence-corrected chi connectivity index (χ4v) is 2.80. The summed E-state index contributed by atoms with van der Waals surface area (Å²) in [7, 11) is 0. The number of allylic oxidation sites excluding steroid dienone is 2. The van der Waals surface area contributed by atoms with Crippen molar-refractivity contribution in [2.45, 2.75) is 20.8 Å². The molecule has 25 heavy (non-hydrogen) atoms. The van der Waals surface area contributed by atoms with E-state index in [1.165, 1.54) is 5.57 Å². The second kappa shape index (κ2) is 7.28. The van der Waals surface area contributed by atoms with Crippen LogP contribution in [0, 0.1) is 6.92 Å². The highest BCUT2D eigenvalue weighted by molar-refractivity contribution is 9.10. The van der Waals surface area contributed by atoms with Crippen LogP contribution in [0.3, 0.4) is 0 Å². The molecule has 0 atom stereocenters. The van der Waals surface area contributed by atoms with Crippen molar-refractivity contribution in [1.29, 1.82) is 0 Å². The third-order valence-corrected chi connectivity index (χ3v) is 4.46. The number of ether oxygens (including phenoxy) is 2. The summed E-state index contributed by atoms with van der Waals surface area (Å²) in [6.07, 6.45) is 3.77. The summed E-state index contributed by atoms with van der Waals surface area (Å²) in [4.78, 5) is 12.6. The van der Waals surface area contributed by atoms with Crippen LogP contribution >= 0.6 is 15.9 Å². The topological polar surface area (TPSA) is 35.5 Å². The predicted molar refractivity (Wildman–Crippen MR) is 103 cm³/mol. The number of fused-ring (bicyclic) bond motifs is 1. The van der Waals surface area contributed by atoms with Crippen molar-refractivity contribution in [1.82, 2.24) is 0 Å². The van der Waals surface area contributed by atoms with Gasteiger partial charge in [0.15, 0.2) is 5.76 Å². The first-order chi connectivity index (χ1) is 12.0. The van der Waals surface area contributed by atoms with Gasteiger partial charge in [-0.05, 0) is 62.8 Å². The van der Waals surface area contributed by atoms with Crippen molar-refractivity contribution in [2.75, 3.05) is 6.61 Å². The quantitative estimate of drug-likeness (QED) is 0.487. The van der Waals surface area contributed by atoms with Crippen LogP contribution in [0.15, 0.2) is 58.3 Å². The van der Waals surface area contributed by atoms with Crippen molar-refractivity contribution < 1.29 is 14.3 Å². The molecule has 0 aromatic heterocycles. The molecule has 1 aliphatic rings. The Kier molecular flexibility index (Phi) is 5.09. The lowest BCUT2D eigenvalue weighted by Gasteiger charge is -2.10. The lowest BCUT2D eigenvalue weighted by molar-refractivity contribution is 0.101. The monoisotopic (exact) mass is 398 g/mol. The van der Waals surface area contributed by atoms with Crippen LogP contribution < -0.4 is 9.47 Å². The summed E-state index contributed by atoms with van der Waals surface area (Å²) >= 11 is 3.40. The summed E-state index contributed by atoms with van der Waals surface area (Å²) in [5, 5.41) is 0. The van der Waals surface area contributed by atoms with Crippen molar-refractivity contribution in [3.63, 3.8) is 0 Å². The van der Waals surface area contributed by atoms with Crippen LogP contribution in [-0.2, 0) is 0 Å². The van der Waals surface area contributed by atoms with E-state index in [-0.39, 0.29) is 5.78 Å². The largest absolute Gasteiger partial charge is 0.489 e. The van der Waals surface area contributed by atoms with Gasteiger partial charge in [-0.3, -0.25) is 4.79 Å². The minimum atomic E-state index is -0.100. The molecule has 1 aliphatic heterocycles. The Morgan fingerprint density at radius 3 is 2.56 bits per heavy atom.